The molecule has 0 atom stereocenters. The highest BCUT2D eigenvalue weighted by atomic mass is 16.5. The number of imide groups is 1. The molecule has 0 radical (unpaired) electrons. The SMILES string of the molecule is Cc1ccc(NC(=O)NC(=O)COC(=O)CCNC(=O)C23CC4CC(CC(C4)C2)C3)cc1C. The van der Waals surface area contributed by atoms with Gasteiger partial charge in [-0.25, -0.2) is 4.79 Å². The van der Waals surface area contributed by atoms with Crippen molar-refractivity contribution in [3.8, 4) is 0 Å². The summed E-state index contributed by atoms with van der Waals surface area (Å²) < 4.78 is 4.94. The maximum atomic E-state index is 12.9. The summed E-state index contributed by atoms with van der Waals surface area (Å²) in [7, 11) is 0. The third kappa shape index (κ3) is 5.54. The Labute approximate surface area is 194 Å². The van der Waals surface area contributed by atoms with Crippen LogP contribution in [0.25, 0.3) is 0 Å². The molecule has 178 valence electrons. The lowest BCUT2D eigenvalue weighted by Crippen LogP contribution is -2.53. The second kappa shape index (κ2) is 9.53. The van der Waals surface area contributed by atoms with Crippen molar-refractivity contribution in [3.63, 3.8) is 0 Å². The van der Waals surface area contributed by atoms with Gasteiger partial charge in [0.05, 0.1) is 6.42 Å². The van der Waals surface area contributed by atoms with Gasteiger partial charge in [0.25, 0.3) is 5.91 Å². The normalized spacial score (nSPS) is 27.0. The lowest BCUT2D eigenvalue weighted by atomic mass is 9.49. The van der Waals surface area contributed by atoms with Crippen molar-refractivity contribution in [2.24, 2.45) is 23.2 Å². The first-order valence-corrected chi connectivity index (χ1v) is 11.8. The molecule has 33 heavy (non-hydrogen) atoms. The molecule has 0 aliphatic heterocycles. The molecule has 8 nitrogen and oxygen atoms in total. The number of carbonyl (C=O) groups is 4. The summed E-state index contributed by atoms with van der Waals surface area (Å²) in [6.45, 7) is 3.52. The Morgan fingerprint density at radius 3 is 2.21 bits per heavy atom. The average Bonchev–Trinajstić information content (AvgIpc) is 2.74. The van der Waals surface area contributed by atoms with Crippen molar-refractivity contribution in [2.45, 2.75) is 58.8 Å². The van der Waals surface area contributed by atoms with Gasteiger partial charge in [0.1, 0.15) is 0 Å². The van der Waals surface area contributed by atoms with Crippen LogP contribution < -0.4 is 16.0 Å². The van der Waals surface area contributed by atoms with Crippen LogP contribution in [0.2, 0.25) is 0 Å². The molecule has 4 aliphatic rings. The molecule has 4 fully saturated rings. The van der Waals surface area contributed by atoms with E-state index in [1.54, 1.807) is 12.1 Å². The van der Waals surface area contributed by atoms with Gasteiger partial charge in [0.15, 0.2) is 6.61 Å². The molecule has 4 amide bonds. The molecule has 8 heteroatoms. The molecular formula is C25H33N3O5. The number of hydrogen-bond donors (Lipinski definition) is 3. The van der Waals surface area contributed by atoms with E-state index in [0.29, 0.717) is 23.4 Å². The van der Waals surface area contributed by atoms with E-state index in [2.05, 4.69) is 16.0 Å². The average molecular weight is 456 g/mol. The first kappa shape index (κ1) is 23.3. The van der Waals surface area contributed by atoms with Crippen LogP contribution >= 0.6 is 0 Å². The van der Waals surface area contributed by atoms with Crippen LogP contribution in [0.5, 0.6) is 0 Å². The van der Waals surface area contributed by atoms with Gasteiger partial charge in [-0.3, -0.25) is 19.7 Å². The molecule has 3 N–H and O–H groups in total. The maximum absolute atomic E-state index is 12.9. The molecule has 1 aromatic rings. The number of ether oxygens (including phenoxy) is 1. The van der Waals surface area contributed by atoms with Crippen LogP contribution in [0, 0.1) is 37.0 Å². The summed E-state index contributed by atoms with van der Waals surface area (Å²) in [4.78, 5) is 48.7. The fraction of sp³-hybridized carbons (Fsp3) is 0.600. The van der Waals surface area contributed by atoms with Crippen LogP contribution in [0.3, 0.4) is 0 Å². The molecule has 5 rings (SSSR count). The summed E-state index contributed by atoms with van der Waals surface area (Å²) >= 11 is 0. The zero-order chi connectivity index (χ0) is 23.6. The number of urea groups is 1. The third-order valence-corrected chi connectivity index (χ3v) is 7.52. The molecule has 4 aliphatic carbocycles. The van der Waals surface area contributed by atoms with Gasteiger partial charge >= 0.3 is 12.0 Å². The quantitative estimate of drug-likeness (QED) is 0.547. The van der Waals surface area contributed by atoms with Gasteiger partial charge in [-0.05, 0) is 93.4 Å². The Morgan fingerprint density at radius 1 is 0.970 bits per heavy atom. The smallest absolute Gasteiger partial charge is 0.325 e. The molecule has 4 saturated carbocycles. The van der Waals surface area contributed by atoms with Crippen molar-refractivity contribution in [2.75, 3.05) is 18.5 Å². The predicted octanol–water partition coefficient (Wildman–Crippen LogP) is 3.22. The van der Waals surface area contributed by atoms with Crippen LogP contribution in [-0.2, 0) is 19.1 Å². The van der Waals surface area contributed by atoms with Crippen LogP contribution in [0.15, 0.2) is 18.2 Å². The minimum Gasteiger partial charge on any atom is -0.456 e. The number of carbonyl (C=O) groups excluding carboxylic acids is 4. The van der Waals surface area contributed by atoms with Crippen LogP contribution in [-0.4, -0.2) is 37.0 Å². The van der Waals surface area contributed by atoms with E-state index in [4.69, 9.17) is 4.74 Å². The number of hydrogen-bond acceptors (Lipinski definition) is 5. The number of benzene rings is 1. The standard InChI is InChI=1S/C25H33N3O5/c1-15-3-4-20(7-16(15)2)27-24(32)28-21(29)14-33-22(30)5-6-26-23(31)25-11-17-8-18(12-25)10-19(9-17)13-25/h3-4,7,17-19H,5-6,8-14H2,1-2H3,(H,26,31)(H2,27,28,29,32). The zero-order valence-corrected chi connectivity index (χ0v) is 19.4. The minimum atomic E-state index is -0.720. The number of anilines is 1. The lowest BCUT2D eigenvalue weighted by Gasteiger charge is -2.55. The summed E-state index contributed by atoms with van der Waals surface area (Å²) in [5.74, 6) is 0.788. The van der Waals surface area contributed by atoms with Crippen LogP contribution in [0.1, 0.15) is 56.1 Å². The monoisotopic (exact) mass is 455 g/mol. The van der Waals surface area contributed by atoms with Crippen molar-refractivity contribution >= 4 is 29.5 Å². The summed E-state index contributed by atoms with van der Waals surface area (Å²) in [6, 6.07) is 4.72. The number of esters is 1. The highest BCUT2D eigenvalue weighted by Gasteiger charge is 2.54. The second-order valence-corrected chi connectivity index (χ2v) is 10.2. The zero-order valence-electron chi connectivity index (χ0n) is 19.4. The van der Waals surface area contributed by atoms with Gasteiger partial charge < -0.3 is 15.4 Å². The van der Waals surface area contributed by atoms with E-state index >= 15 is 0 Å². The Morgan fingerprint density at radius 2 is 1.61 bits per heavy atom. The fourth-order valence-corrected chi connectivity index (χ4v) is 6.22. The predicted molar refractivity (Wildman–Crippen MR) is 122 cm³/mol. The Hall–Kier alpha value is -2.90. The van der Waals surface area contributed by atoms with Gasteiger partial charge in [-0.1, -0.05) is 6.07 Å². The molecule has 4 bridgehead atoms. The van der Waals surface area contributed by atoms with E-state index in [-0.39, 0.29) is 24.3 Å². The summed E-state index contributed by atoms with van der Waals surface area (Å²) in [5, 5.41) is 7.62. The van der Waals surface area contributed by atoms with Crippen LogP contribution in [0.4, 0.5) is 10.5 Å². The molecule has 0 heterocycles. The molecule has 0 aromatic heterocycles. The van der Waals surface area contributed by atoms with E-state index in [1.807, 2.05) is 19.9 Å². The van der Waals surface area contributed by atoms with Gasteiger partial charge in [0, 0.05) is 17.6 Å². The van der Waals surface area contributed by atoms with E-state index in [1.165, 1.54) is 19.3 Å². The van der Waals surface area contributed by atoms with Crippen molar-refractivity contribution in [3.05, 3.63) is 29.3 Å². The highest BCUT2D eigenvalue weighted by molar-refractivity contribution is 6.01. The minimum absolute atomic E-state index is 0.0137. The van der Waals surface area contributed by atoms with Crippen molar-refractivity contribution in [1.82, 2.24) is 10.6 Å². The fourth-order valence-electron chi connectivity index (χ4n) is 6.22. The number of amides is 4. The molecule has 1 aromatic carbocycles. The third-order valence-electron chi connectivity index (χ3n) is 7.52. The Kier molecular flexibility index (Phi) is 6.72. The maximum Gasteiger partial charge on any atom is 0.325 e. The Bertz CT molecular complexity index is 922. The van der Waals surface area contributed by atoms with Gasteiger partial charge in [-0.2, -0.15) is 0 Å². The summed E-state index contributed by atoms with van der Waals surface area (Å²) in [6.07, 6.45) is 6.70. The van der Waals surface area contributed by atoms with E-state index in [0.717, 1.165) is 30.4 Å². The lowest BCUT2D eigenvalue weighted by molar-refractivity contribution is -0.149. The summed E-state index contributed by atoms with van der Waals surface area (Å²) in [5.41, 5.74) is 2.43. The van der Waals surface area contributed by atoms with Crippen molar-refractivity contribution in [1.29, 1.82) is 0 Å². The van der Waals surface area contributed by atoms with E-state index in [9.17, 15) is 19.2 Å². The number of rotatable bonds is 7. The number of aryl methyl sites for hydroxylation is 2. The van der Waals surface area contributed by atoms with Crippen molar-refractivity contribution < 1.29 is 23.9 Å². The molecule has 0 spiro atoms. The molecule has 0 saturated heterocycles. The first-order chi connectivity index (χ1) is 15.7. The molecule has 0 unspecified atom stereocenters. The Balaban J connectivity index is 1.13. The highest BCUT2D eigenvalue weighted by Crippen LogP contribution is 2.60. The van der Waals surface area contributed by atoms with E-state index < -0.39 is 24.5 Å². The van der Waals surface area contributed by atoms with Gasteiger partial charge in [-0.15, -0.1) is 0 Å². The largest absolute Gasteiger partial charge is 0.456 e. The van der Waals surface area contributed by atoms with Gasteiger partial charge in [0.2, 0.25) is 5.91 Å². The number of nitrogens with one attached hydrogen (secondary N) is 3. The molecular weight excluding hydrogens is 422 g/mol. The topological polar surface area (TPSA) is 114 Å². The first-order valence-electron chi connectivity index (χ1n) is 11.8. The second-order valence-electron chi connectivity index (χ2n) is 10.2.